The van der Waals surface area contributed by atoms with Crippen LogP contribution in [-0.2, 0) is 15.8 Å². The van der Waals surface area contributed by atoms with Gasteiger partial charge in [-0.1, -0.05) is 59.3 Å². The number of aryl methyl sites for hydroxylation is 2. The summed E-state index contributed by atoms with van der Waals surface area (Å²) in [6, 6.07) is 17.0. The summed E-state index contributed by atoms with van der Waals surface area (Å²) in [5.74, 6) is -1.54. The lowest BCUT2D eigenvalue weighted by atomic mass is 10.1. The van der Waals surface area contributed by atoms with E-state index in [1.165, 1.54) is 0 Å². The molecule has 0 saturated heterocycles. The van der Waals surface area contributed by atoms with Crippen LogP contribution in [0.25, 0.3) is 0 Å². The van der Waals surface area contributed by atoms with Crippen molar-refractivity contribution in [3.05, 3.63) is 99.0 Å². The minimum atomic E-state index is -4.67. The van der Waals surface area contributed by atoms with E-state index in [4.69, 9.17) is 11.6 Å². The van der Waals surface area contributed by atoms with E-state index in [1.807, 2.05) is 38.1 Å². The molecule has 1 N–H and O–H groups in total. The Morgan fingerprint density at radius 3 is 2.24 bits per heavy atom. The number of carbonyl (C=O) groups excluding carboxylic acids is 2. The first-order valence-electron chi connectivity index (χ1n) is 10.1. The molecule has 4 rings (SSSR count). The monoisotopic (exact) mass is 502 g/mol. The van der Waals surface area contributed by atoms with E-state index >= 15 is 0 Å². The van der Waals surface area contributed by atoms with Gasteiger partial charge in [0.05, 0.1) is 16.3 Å². The van der Waals surface area contributed by atoms with Crippen molar-refractivity contribution in [1.29, 1.82) is 0 Å². The zero-order valence-electron chi connectivity index (χ0n) is 18.0. The van der Waals surface area contributed by atoms with Crippen LogP contribution in [0.2, 0.25) is 5.02 Å². The van der Waals surface area contributed by atoms with Gasteiger partial charge >= 0.3 is 6.18 Å². The predicted octanol–water partition coefficient (Wildman–Crippen LogP) is 6.96. The number of hydrogen-bond acceptors (Lipinski definition) is 4. The summed E-state index contributed by atoms with van der Waals surface area (Å²) in [5.41, 5.74) is 1.07. The number of amides is 2. The summed E-state index contributed by atoms with van der Waals surface area (Å²) in [5, 5.41) is 2.87. The Balaban J connectivity index is 1.80. The van der Waals surface area contributed by atoms with Crippen LogP contribution in [0.1, 0.15) is 16.7 Å². The van der Waals surface area contributed by atoms with Crippen LogP contribution in [0.5, 0.6) is 0 Å². The number of halogens is 4. The van der Waals surface area contributed by atoms with Gasteiger partial charge in [0.1, 0.15) is 10.6 Å². The second-order valence-electron chi connectivity index (χ2n) is 7.67. The largest absolute Gasteiger partial charge is 0.416 e. The standard InChI is InChI=1S/C25H18ClF3N2O2S/c1-14-7-10-17(11-8-14)34-22-21(30-19-6-4-3-5-15(19)2)23(32)31(24(22)33)20-13-16(25(27,28)29)9-12-18(20)26/h3-13,30H,1-2H3. The van der Waals surface area contributed by atoms with E-state index in [0.29, 0.717) is 21.5 Å². The van der Waals surface area contributed by atoms with Crippen molar-refractivity contribution in [2.75, 3.05) is 10.2 Å². The molecule has 0 aliphatic carbocycles. The zero-order valence-corrected chi connectivity index (χ0v) is 19.6. The maximum atomic E-state index is 13.4. The SMILES string of the molecule is Cc1ccc(SC2=C(Nc3ccccc3C)C(=O)N(c3cc(C(F)(F)F)ccc3Cl)C2=O)cc1. The first-order valence-corrected chi connectivity index (χ1v) is 11.3. The third-order valence-corrected chi connectivity index (χ3v) is 6.61. The van der Waals surface area contributed by atoms with E-state index in [-0.39, 0.29) is 21.3 Å². The second-order valence-corrected chi connectivity index (χ2v) is 9.16. The van der Waals surface area contributed by atoms with E-state index < -0.39 is 23.6 Å². The third kappa shape index (κ3) is 4.69. The number of nitrogens with one attached hydrogen (secondary N) is 1. The molecular weight excluding hydrogens is 485 g/mol. The van der Waals surface area contributed by atoms with Crippen molar-refractivity contribution in [2.24, 2.45) is 0 Å². The summed E-state index contributed by atoms with van der Waals surface area (Å²) >= 11 is 7.22. The van der Waals surface area contributed by atoms with Gasteiger partial charge in [0.2, 0.25) is 0 Å². The molecule has 0 spiro atoms. The number of imide groups is 1. The average molecular weight is 503 g/mol. The maximum absolute atomic E-state index is 13.4. The highest BCUT2D eigenvalue weighted by atomic mass is 35.5. The van der Waals surface area contributed by atoms with Gasteiger partial charge in [-0.15, -0.1) is 0 Å². The van der Waals surface area contributed by atoms with Crippen molar-refractivity contribution >= 4 is 46.6 Å². The number of para-hydroxylation sites is 1. The summed E-state index contributed by atoms with van der Waals surface area (Å²) in [6.45, 7) is 3.75. The van der Waals surface area contributed by atoms with Crippen LogP contribution >= 0.6 is 23.4 Å². The predicted molar refractivity (Wildman–Crippen MR) is 128 cm³/mol. The van der Waals surface area contributed by atoms with E-state index in [0.717, 1.165) is 35.0 Å². The lowest BCUT2D eigenvalue weighted by molar-refractivity contribution is -0.137. The Kier molecular flexibility index (Phi) is 6.47. The van der Waals surface area contributed by atoms with Crippen LogP contribution < -0.4 is 10.2 Å². The fourth-order valence-corrected chi connectivity index (χ4v) is 4.49. The van der Waals surface area contributed by atoms with Crippen LogP contribution in [0.3, 0.4) is 0 Å². The molecule has 0 atom stereocenters. The van der Waals surface area contributed by atoms with Gasteiger partial charge in [0.25, 0.3) is 11.8 Å². The first-order chi connectivity index (χ1) is 16.1. The number of anilines is 2. The Bertz CT molecular complexity index is 1320. The van der Waals surface area contributed by atoms with Crippen LogP contribution in [0.4, 0.5) is 24.5 Å². The number of alkyl halides is 3. The van der Waals surface area contributed by atoms with Crippen LogP contribution in [-0.4, -0.2) is 11.8 Å². The Morgan fingerprint density at radius 1 is 0.912 bits per heavy atom. The molecule has 9 heteroatoms. The van der Waals surface area contributed by atoms with Crippen molar-refractivity contribution in [2.45, 2.75) is 24.9 Å². The highest BCUT2D eigenvalue weighted by Crippen LogP contribution is 2.42. The molecule has 0 saturated carbocycles. The maximum Gasteiger partial charge on any atom is 0.416 e. The fraction of sp³-hybridized carbons (Fsp3) is 0.120. The zero-order chi connectivity index (χ0) is 24.6. The highest BCUT2D eigenvalue weighted by molar-refractivity contribution is 8.04. The average Bonchev–Trinajstić information content (AvgIpc) is 3.00. The molecule has 4 nitrogen and oxygen atoms in total. The Hall–Kier alpha value is -3.23. The molecule has 3 aromatic carbocycles. The summed E-state index contributed by atoms with van der Waals surface area (Å²) in [4.78, 5) is 28.3. The number of benzene rings is 3. The summed E-state index contributed by atoms with van der Waals surface area (Å²) in [6.07, 6.45) is -4.67. The van der Waals surface area contributed by atoms with Gasteiger partial charge in [-0.05, 0) is 55.8 Å². The molecule has 0 bridgehead atoms. The molecular formula is C25H18ClF3N2O2S. The Labute approximate surface area is 203 Å². The molecule has 34 heavy (non-hydrogen) atoms. The molecule has 0 fully saturated rings. The van der Waals surface area contributed by atoms with Gasteiger partial charge in [0.15, 0.2) is 0 Å². The molecule has 0 unspecified atom stereocenters. The molecule has 0 radical (unpaired) electrons. The van der Waals surface area contributed by atoms with Gasteiger partial charge in [-0.25, -0.2) is 4.90 Å². The number of thioether (sulfide) groups is 1. The molecule has 3 aromatic rings. The smallest absolute Gasteiger partial charge is 0.350 e. The van der Waals surface area contributed by atoms with Gasteiger partial charge in [-0.2, -0.15) is 13.2 Å². The normalized spacial score (nSPS) is 14.2. The first kappa shape index (κ1) is 23.9. The Morgan fingerprint density at radius 2 is 1.59 bits per heavy atom. The van der Waals surface area contributed by atoms with E-state index in [2.05, 4.69) is 5.32 Å². The summed E-state index contributed by atoms with van der Waals surface area (Å²) < 4.78 is 40.0. The quantitative estimate of drug-likeness (QED) is 0.383. The minimum absolute atomic E-state index is 0.0293. The number of hydrogen-bond donors (Lipinski definition) is 1. The van der Waals surface area contributed by atoms with Crippen LogP contribution in [0, 0.1) is 13.8 Å². The van der Waals surface area contributed by atoms with Crippen molar-refractivity contribution < 1.29 is 22.8 Å². The minimum Gasteiger partial charge on any atom is -0.350 e. The van der Waals surface area contributed by atoms with Crippen LogP contribution in [0.15, 0.2) is 82.2 Å². The second kappa shape index (κ2) is 9.19. The van der Waals surface area contributed by atoms with Crippen molar-refractivity contribution in [1.82, 2.24) is 0 Å². The fourth-order valence-electron chi connectivity index (χ4n) is 3.37. The molecule has 2 amide bonds. The molecule has 1 aliphatic rings. The van der Waals surface area contributed by atoms with Crippen molar-refractivity contribution in [3.63, 3.8) is 0 Å². The van der Waals surface area contributed by atoms with Gasteiger partial charge in [0, 0.05) is 10.6 Å². The van der Waals surface area contributed by atoms with Gasteiger partial charge in [-0.3, -0.25) is 9.59 Å². The highest BCUT2D eigenvalue weighted by Gasteiger charge is 2.42. The van der Waals surface area contributed by atoms with E-state index in [1.54, 1.807) is 24.3 Å². The topological polar surface area (TPSA) is 49.4 Å². The molecule has 1 aliphatic heterocycles. The lowest BCUT2D eigenvalue weighted by Crippen LogP contribution is -2.33. The number of carbonyl (C=O) groups is 2. The molecule has 0 aromatic heterocycles. The third-order valence-electron chi connectivity index (χ3n) is 5.20. The molecule has 1 heterocycles. The number of rotatable bonds is 5. The summed E-state index contributed by atoms with van der Waals surface area (Å²) in [7, 11) is 0. The van der Waals surface area contributed by atoms with Crippen molar-refractivity contribution in [3.8, 4) is 0 Å². The van der Waals surface area contributed by atoms with E-state index in [9.17, 15) is 22.8 Å². The molecule has 174 valence electrons. The van der Waals surface area contributed by atoms with Gasteiger partial charge < -0.3 is 5.32 Å². The number of nitrogens with zero attached hydrogens (tertiary/aromatic N) is 1. The lowest BCUT2D eigenvalue weighted by Gasteiger charge is -2.19.